The molecule has 1 atom stereocenters. The number of halogens is 2. The van der Waals surface area contributed by atoms with Gasteiger partial charge in [-0.2, -0.15) is 0 Å². The van der Waals surface area contributed by atoms with Crippen LogP contribution >= 0.6 is 27.5 Å². The summed E-state index contributed by atoms with van der Waals surface area (Å²) in [5.74, 6) is 1.29. The summed E-state index contributed by atoms with van der Waals surface area (Å²) in [6.45, 7) is 1.62. The van der Waals surface area contributed by atoms with Crippen molar-refractivity contribution in [1.29, 1.82) is 0 Å². The highest BCUT2D eigenvalue weighted by Crippen LogP contribution is 2.32. The number of carbonyl (C=O) groups is 1. The predicted molar refractivity (Wildman–Crippen MR) is 87.8 cm³/mol. The van der Waals surface area contributed by atoms with Crippen LogP contribution < -0.4 is 9.47 Å². The van der Waals surface area contributed by atoms with E-state index in [1.807, 2.05) is 6.07 Å². The van der Waals surface area contributed by atoms with Crippen LogP contribution in [0.5, 0.6) is 17.2 Å². The number of rotatable bonds is 5. The SMILES string of the molecule is COC(=O)[C@@H](C)Oc1ccc(Oc2ccc(Br)cc2Cl)cc1. The van der Waals surface area contributed by atoms with E-state index in [4.69, 9.17) is 21.1 Å². The van der Waals surface area contributed by atoms with Crippen LogP contribution in [0.2, 0.25) is 5.02 Å². The third-order valence-electron chi connectivity index (χ3n) is 2.79. The molecule has 0 spiro atoms. The van der Waals surface area contributed by atoms with Gasteiger partial charge in [-0.15, -0.1) is 0 Å². The minimum atomic E-state index is -0.669. The fraction of sp³-hybridized carbons (Fsp3) is 0.188. The lowest BCUT2D eigenvalue weighted by Gasteiger charge is -2.13. The molecule has 116 valence electrons. The van der Waals surface area contributed by atoms with Crippen molar-refractivity contribution < 1.29 is 19.0 Å². The van der Waals surface area contributed by atoms with E-state index in [2.05, 4.69) is 20.7 Å². The Labute approximate surface area is 142 Å². The molecule has 0 saturated carbocycles. The first-order chi connectivity index (χ1) is 10.5. The molecule has 0 heterocycles. The molecule has 0 saturated heterocycles. The lowest BCUT2D eigenvalue weighted by atomic mass is 10.3. The average Bonchev–Trinajstić information content (AvgIpc) is 2.51. The Kier molecular flexibility index (Phi) is 5.69. The maximum absolute atomic E-state index is 11.3. The first kappa shape index (κ1) is 16.6. The fourth-order valence-electron chi connectivity index (χ4n) is 1.69. The van der Waals surface area contributed by atoms with Gasteiger partial charge in [0.05, 0.1) is 12.1 Å². The monoisotopic (exact) mass is 384 g/mol. The van der Waals surface area contributed by atoms with E-state index in [-0.39, 0.29) is 0 Å². The van der Waals surface area contributed by atoms with Gasteiger partial charge in [0.15, 0.2) is 6.10 Å². The standard InChI is InChI=1S/C16H14BrClO4/c1-10(16(19)20-2)21-12-4-6-13(7-5-12)22-15-8-3-11(17)9-14(15)18/h3-10H,1-2H3/t10-/m1/s1. The molecule has 6 heteroatoms. The second-order valence-electron chi connectivity index (χ2n) is 4.43. The molecule has 0 amide bonds. The summed E-state index contributed by atoms with van der Waals surface area (Å²) in [7, 11) is 1.32. The molecule has 2 rings (SSSR count). The van der Waals surface area contributed by atoms with Crippen molar-refractivity contribution in [2.75, 3.05) is 7.11 Å². The summed E-state index contributed by atoms with van der Waals surface area (Å²) < 4.78 is 16.6. The molecule has 0 N–H and O–H groups in total. The fourth-order valence-corrected chi connectivity index (χ4v) is 2.40. The highest BCUT2D eigenvalue weighted by molar-refractivity contribution is 9.10. The van der Waals surface area contributed by atoms with Crippen molar-refractivity contribution >= 4 is 33.5 Å². The lowest BCUT2D eigenvalue weighted by Crippen LogP contribution is -2.24. The van der Waals surface area contributed by atoms with Crippen LogP contribution in [0.4, 0.5) is 0 Å². The Balaban J connectivity index is 2.04. The van der Waals surface area contributed by atoms with Gasteiger partial charge in [-0.25, -0.2) is 4.79 Å². The highest BCUT2D eigenvalue weighted by Gasteiger charge is 2.14. The number of carbonyl (C=O) groups excluding carboxylic acids is 1. The normalized spacial score (nSPS) is 11.6. The van der Waals surface area contributed by atoms with E-state index in [1.165, 1.54) is 7.11 Å². The minimum Gasteiger partial charge on any atom is -0.479 e. The number of hydrogen-bond donors (Lipinski definition) is 0. The maximum Gasteiger partial charge on any atom is 0.346 e. The quantitative estimate of drug-likeness (QED) is 0.691. The zero-order chi connectivity index (χ0) is 16.1. The Morgan fingerprint density at radius 3 is 2.36 bits per heavy atom. The number of hydrogen-bond acceptors (Lipinski definition) is 4. The van der Waals surface area contributed by atoms with Gasteiger partial charge in [-0.3, -0.25) is 0 Å². The molecule has 2 aromatic rings. The third kappa shape index (κ3) is 4.39. The van der Waals surface area contributed by atoms with Crippen LogP contribution in [0.3, 0.4) is 0 Å². The van der Waals surface area contributed by atoms with E-state index in [9.17, 15) is 4.79 Å². The zero-order valence-corrected chi connectivity index (χ0v) is 14.3. The molecule has 0 bridgehead atoms. The first-order valence-electron chi connectivity index (χ1n) is 6.47. The molecular formula is C16H14BrClO4. The van der Waals surface area contributed by atoms with Crippen LogP contribution in [0.25, 0.3) is 0 Å². The Morgan fingerprint density at radius 2 is 1.77 bits per heavy atom. The van der Waals surface area contributed by atoms with Gasteiger partial charge in [-0.1, -0.05) is 27.5 Å². The summed E-state index contributed by atoms with van der Waals surface area (Å²) >= 11 is 9.44. The molecule has 2 aromatic carbocycles. The third-order valence-corrected chi connectivity index (χ3v) is 3.58. The van der Waals surface area contributed by atoms with E-state index in [0.717, 1.165) is 4.47 Å². The topological polar surface area (TPSA) is 44.8 Å². The van der Waals surface area contributed by atoms with Gasteiger partial charge in [0.25, 0.3) is 0 Å². The van der Waals surface area contributed by atoms with Crippen molar-refractivity contribution in [3.8, 4) is 17.2 Å². The Morgan fingerprint density at radius 1 is 1.14 bits per heavy atom. The minimum absolute atomic E-state index is 0.429. The van der Waals surface area contributed by atoms with Gasteiger partial charge < -0.3 is 14.2 Å². The number of methoxy groups -OCH3 is 1. The maximum atomic E-state index is 11.3. The van der Waals surface area contributed by atoms with Gasteiger partial charge in [-0.05, 0) is 49.4 Å². The largest absolute Gasteiger partial charge is 0.479 e. The molecule has 0 radical (unpaired) electrons. The number of ether oxygens (including phenoxy) is 3. The van der Waals surface area contributed by atoms with E-state index in [0.29, 0.717) is 22.3 Å². The molecule has 0 aliphatic rings. The summed E-state index contributed by atoms with van der Waals surface area (Å²) in [4.78, 5) is 11.3. The van der Waals surface area contributed by atoms with Crippen molar-refractivity contribution in [3.63, 3.8) is 0 Å². The number of benzene rings is 2. The van der Waals surface area contributed by atoms with E-state index >= 15 is 0 Å². The van der Waals surface area contributed by atoms with Crippen LogP contribution in [0, 0.1) is 0 Å². The van der Waals surface area contributed by atoms with E-state index in [1.54, 1.807) is 43.3 Å². The van der Waals surface area contributed by atoms with Crippen LogP contribution in [-0.4, -0.2) is 19.2 Å². The van der Waals surface area contributed by atoms with Crippen molar-refractivity contribution in [3.05, 3.63) is 52.0 Å². The van der Waals surface area contributed by atoms with Crippen molar-refractivity contribution in [2.45, 2.75) is 13.0 Å². The smallest absolute Gasteiger partial charge is 0.346 e. The lowest BCUT2D eigenvalue weighted by molar-refractivity contribution is -0.147. The Bertz CT molecular complexity index is 658. The molecule has 0 aromatic heterocycles. The molecule has 0 unspecified atom stereocenters. The van der Waals surface area contributed by atoms with Crippen LogP contribution in [0.1, 0.15) is 6.92 Å². The van der Waals surface area contributed by atoms with Crippen molar-refractivity contribution in [1.82, 2.24) is 0 Å². The first-order valence-corrected chi connectivity index (χ1v) is 7.64. The second kappa shape index (κ2) is 7.51. The summed E-state index contributed by atoms with van der Waals surface area (Å²) in [6, 6.07) is 12.3. The molecule has 22 heavy (non-hydrogen) atoms. The molecular weight excluding hydrogens is 372 g/mol. The molecule has 0 fully saturated rings. The summed E-state index contributed by atoms with van der Waals surface area (Å²) in [5.41, 5.74) is 0. The summed E-state index contributed by atoms with van der Waals surface area (Å²) in [5, 5.41) is 0.508. The molecule has 0 aliphatic heterocycles. The van der Waals surface area contributed by atoms with Crippen molar-refractivity contribution in [2.24, 2.45) is 0 Å². The molecule has 4 nitrogen and oxygen atoms in total. The van der Waals surface area contributed by atoms with E-state index < -0.39 is 12.1 Å². The Hall–Kier alpha value is -1.72. The zero-order valence-electron chi connectivity index (χ0n) is 12.0. The molecule has 0 aliphatic carbocycles. The second-order valence-corrected chi connectivity index (χ2v) is 5.75. The number of esters is 1. The van der Waals surface area contributed by atoms with Crippen LogP contribution in [-0.2, 0) is 9.53 Å². The van der Waals surface area contributed by atoms with Gasteiger partial charge in [0.2, 0.25) is 0 Å². The van der Waals surface area contributed by atoms with Gasteiger partial charge in [0, 0.05) is 4.47 Å². The predicted octanol–water partition coefficient (Wildman–Crippen LogP) is 4.84. The summed E-state index contributed by atoms with van der Waals surface area (Å²) in [6.07, 6.45) is -0.669. The van der Waals surface area contributed by atoms with Crippen LogP contribution in [0.15, 0.2) is 46.9 Å². The average molecular weight is 386 g/mol. The highest BCUT2D eigenvalue weighted by atomic mass is 79.9. The van der Waals surface area contributed by atoms with Gasteiger partial charge >= 0.3 is 5.97 Å². The van der Waals surface area contributed by atoms with Gasteiger partial charge in [0.1, 0.15) is 17.2 Å².